The van der Waals surface area contributed by atoms with E-state index in [1.54, 1.807) is 7.05 Å². The number of aryl methyl sites for hydroxylation is 1. The summed E-state index contributed by atoms with van der Waals surface area (Å²) in [5.74, 6) is 1.64. The smallest absolute Gasteiger partial charge is 0.408 e. The van der Waals surface area contributed by atoms with Gasteiger partial charge in [-0.1, -0.05) is 19.9 Å². The molecular formula is C22H38IN7O2. The maximum absolute atomic E-state index is 12.3. The first kappa shape index (κ1) is 27.9. The Morgan fingerprint density at radius 1 is 1.16 bits per heavy atom. The number of alkyl carbamates (subject to hydrolysis) is 1. The van der Waals surface area contributed by atoms with Crippen LogP contribution >= 0.6 is 24.0 Å². The van der Waals surface area contributed by atoms with Crippen LogP contribution in [0.1, 0.15) is 59.7 Å². The molecular weight excluding hydrogens is 521 g/mol. The molecule has 0 aromatic carbocycles. The number of amides is 1. The minimum Gasteiger partial charge on any atom is -0.444 e. The topological polar surface area (TPSA) is 105 Å². The Bertz CT molecular complexity index is 873. The number of halogens is 1. The summed E-state index contributed by atoms with van der Waals surface area (Å²) in [6.45, 7) is 11.0. The SMILES string of the molecule is CCC(CC)(CNC(=NC)NCCCc1nnc2ccccn12)NC(=O)OC(C)(C)C.I. The van der Waals surface area contributed by atoms with E-state index in [1.165, 1.54) is 0 Å². The van der Waals surface area contributed by atoms with E-state index in [9.17, 15) is 4.79 Å². The summed E-state index contributed by atoms with van der Waals surface area (Å²) in [7, 11) is 1.74. The van der Waals surface area contributed by atoms with Crippen LogP contribution in [0.15, 0.2) is 29.4 Å². The van der Waals surface area contributed by atoms with Crippen LogP contribution in [-0.4, -0.2) is 57.9 Å². The number of nitrogens with one attached hydrogen (secondary N) is 3. The van der Waals surface area contributed by atoms with E-state index in [-0.39, 0.29) is 24.0 Å². The lowest BCUT2D eigenvalue weighted by Crippen LogP contribution is -2.57. The molecule has 0 bridgehead atoms. The Hall–Kier alpha value is -2.11. The number of aromatic nitrogens is 3. The number of nitrogens with zero attached hydrogens (tertiary/aromatic N) is 4. The summed E-state index contributed by atoms with van der Waals surface area (Å²) in [6, 6.07) is 5.87. The predicted molar refractivity (Wildman–Crippen MR) is 139 cm³/mol. The van der Waals surface area contributed by atoms with Crippen molar-refractivity contribution in [1.29, 1.82) is 0 Å². The molecule has 0 radical (unpaired) electrons. The Morgan fingerprint density at radius 3 is 2.50 bits per heavy atom. The van der Waals surface area contributed by atoms with E-state index in [1.807, 2.05) is 49.6 Å². The van der Waals surface area contributed by atoms with Crippen molar-refractivity contribution in [2.45, 2.75) is 71.4 Å². The quantitative estimate of drug-likeness (QED) is 0.188. The van der Waals surface area contributed by atoms with Gasteiger partial charge in [-0.15, -0.1) is 34.2 Å². The van der Waals surface area contributed by atoms with Gasteiger partial charge in [0.05, 0.1) is 5.54 Å². The van der Waals surface area contributed by atoms with Crippen LogP contribution in [-0.2, 0) is 11.2 Å². The van der Waals surface area contributed by atoms with Gasteiger partial charge in [-0.3, -0.25) is 9.39 Å². The summed E-state index contributed by atoms with van der Waals surface area (Å²) in [5.41, 5.74) is -0.0887. The average Bonchev–Trinajstić information content (AvgIpc) is 3.14. The fourth-order valence-corrected chi connectivity index (χ4v) is 3.23. The molecule has 9 nitrogen and oxygen atoms in total. The number of carbonyl (C=O) groups is 1. The van der Waals surface area contributed by atoms with E-state index >= 15 is 0 Å². The van der Waals surface area contributed by atoms with Gasteiger partial charge in [-0.2, -0.15) is 0 Å². The second-order valence-corrected chi connectivity index (χ2v) is 8.62. The Labute approximate surface area is 208 Å². The standard InChI is InChI=1S/C22H37N7O2.HI/c1-7-22(8-2,26-20(30)31-21(3,4)5)16-25-19(23-6)24-14-11-13-18-28-27-17-12-9-10-15-29(17)18;/h9-10,12,15H,7-8,11,13-14,16H2,1-6H3,(H,26,30)(H2,23,24,25);1H. The molecule has 2 aromatic rings. The second-order valence-electron chi connectivity index (χ2n) is 8.62. The van der Waals surface area contributed by atoms with Crippen LogP contribution in [0.5, 0.6) is 0 Å². The number of hydrogen-bond donors (Lipinski definition) is 3. The number of ether oxygens (including phenoxy) is 1. The molecule has 0 unspecified atom stereocenters. The number of pyridine rings is 1. The van der Waals surface area contributed by atoms with Crippen LogP contribution in [0.3, 0.4) is 0 Å². The van der Waals surface area contributed by atoms with E-state index in [0.29, 0.717) is 12.5 Å². The third-order valence-electron chi connectivity index (χ3n) is 5.19. The average molecular weight is 559 g/mol. The van der Waals surface area contributed by atoms with Crippen molar-refractivity contribution in [1.82, 2.24) is 30.5 Å². The zero-order valence-electron chi connectivity index (χ0n) is 20.1. The monoisotopic (exact) mass is 559 g/mol. The molecule has 0 aliphatic heterocycles. The van der Waals surface area contributed by atoms with Crippen molar-refractivity contribution < 1.29 is 9.53 Å². The Balaban J connectivity index is 0.00000512. The fourth-order valence-electron chi connectivity index (χ4n) is 3.23. The maximum Gasteiger partial charge on any atom is 0.408 e. The molecule has 3 N–H and O–H groups in total. The number of rotatable bonds is 9. The minimum atomic E-state index is -0.530. The van der Waals surface area contributed by atoms with Crippen LogP contribution in [0, 0.1) is 0 Å². The van der Waals surface area contributed by atoms with Crippen molar-refractivity contribution in [3.05, 3.63) is 30.2 Å². The lowest BCUT2D eigenvalue weighted by Gasteiger charge is -2.34. The van der Waals surface area contributed by atoms with Gasteiger partial charge in [-0.05, 0) is 52.2 Å². The number of hydrogen-bond acceptors (Lipinski definition) is 5. The summed E-state index contributed by atoms with van der Waals surface area (Å²) in [6.07, 6.45) is 4.81. The van der Waals surface area contributed by atoms with Crippen LogP contribution < -0.4 is 16.0 Å². The third-order valence-corrected chi connectivity index (χ3v) is 5.19. The zero-order chi connectivity index (χ0) is 22.9. The van der Waals surface area contributed by atoms with Crippen molar-refractivity contribution >= 4 is 41.7 Å². The largest absolute Gasteiger partial charge is 0.444 e. The molecule has 2 rings (SSSR count). The van der Waals surface area contributed by atoms with E-state index in [0.717, 1.165) is 43.7 Å². The predicted octanol–water partition coefficient (Wildman–Crippen LogP) is 3.53. The number of carbonyl (C=O) groups excluding carboxylic acids is 1. The molecule has 180 valence electrons. The van der Waals surface area contributed by atoms with Crippen LogP contribution in [0.2, 0.25) is 0 Å². The lowest BCUT2D eigenvalue weighted by atomic mass is 9.93. The molecule has 0 aliphatic carbocycles. The second kappa shape index (κ2) is 12.8. The summed E-state index contributed by atoms with van der Waals surface area (Å²) >= 11 is 0. The van der Waals surface area contributed by atoms with Crippen LogP contribution in [0.4, 0.5) is 4.79 Å². The molecule has 2 aromatic heterocycles. The molecule has 0 atom stereocenters. The summed E-state index contributed by atoms with van der Waals surface area (Å²) in [5, 5.41) is 18.2. The molecule has 0 saturated carbocycles. The molecule has 1 amide bonds. The number of guanidine groups is 1. The Morgan fingerprint density at radius 2 is 1.88 bits per heavy atom. The molecule has 2 heterocycles. The van der Waals surface area contributed by atoms with Gasteiger partial charge in [0.1, 0.15) is 11.4 Å². The molecule has 10 heteroatoms. The van der Waals surface area contributed by atoms with E-state index < -0.39 is 17.2 Å². The molecule has 0 spiro atoms. The zero-order valence-corrected chi connectivity index (χ0v) is 22.4. The third kappa shape index (κ3) is 8.44. The lowest BCUT2D eigenvalue weighted by molar-refractivity contribution is 0.0448. The van der Waals surface area contributed by atoms with Crippen molar-refractivity contribution in [3.8, 4) is 0 Å². The maximum atomic E-state index is 12.3. The van der Waals surface area contributed by atoms with Gasteiger partial charge in [0, 0.05) is 32.8 Å². The van der Waals surface area contributed by atoms with Gasteiger partial charge in [-0.25, -0.2) is 4.79 Å². The first-order valence-corrected chi connectivity index (χ1v) is 11.0. The highest BCUT2D eigenvalue weighted by Crippen LogP contribution is 2.16. The number of fused-ring (bicyclic) bond motifs is 1. The molecule has 32 heavy (non-hydrogen) atoms. The van der Waals surface area contributed by atoms with Gasteiger partial charge >= 0.3 is 6.09 Å². The van der Waals surface area contributed by atoms with Gasteiger partial charge in [0.2, 0.25) is 0 Å². The normalized spacial score (nSPS) is 12.2. The number of aliphatic imine (C=N–C) groups is 1. The highest BCUT2D eigenvalue weighted by atomic mass is 127. The van der Waals surface area contributed by atoms with Crippen molar-refractivity contribution in [3.63, 3.8) is 0 Å². The van der Waals surface area contributed by atoms with E-state index in [2.05, 4.69) is 45.0 Å². The van der Waals surface area contributed by atoms with Crippen LogP contribution in [0.25, 0.3) is 5.65 Å². The minimum absolute atomic E-state index is 0. The van der Waals surface area contributed by atoms with Gasteiger partial charge < -0.3 is 20.7 Å². The molecule has 0 saturated heterocycles. The van der Waals surface area contributed by atoms with Gasteiger partial charge in [0.15, 0.2) is 11.6 Å². The van der Waals surface area contributed by atoms with E-state index in [4.69, 9.17) is 4.74 Å². The van der Waals surface area contributed by atoms with Crippen molar-refractivity contribution in [2.75, 3.05) is 20.1 Å². The molecule has 0 fully saturated rings. The Kier molecular flexibility index (Phi) is 11.2. The molecule has 0 aliphatic rings. The fraction of sp³-hybridized carbons (Fsp3) is 0.636. The summed E-state index contributed by atoms with van der Waals surface area (Å²) < 4.78 is 7.44. The first-order chi connectivity index (χ1) is 14.7. The highest BCUT2D eigenvalue weighted by molar-refractivity contribution is 14.0. The summed E-state index contributed by atoms with van der Waals surface area (Å²) in [4.78, 5) is 16.6. The first-order valence-electron chi connectivity index (χ1n) is 11.0. The van der Waals surface area contributed by atoms with Gasteiger partial charge in [0.25, 0.3) is 0 Å². The van der Waals surface area contributed by atoms with Crippen molar-refractivity contribution in [2.24, 2.45) is 4.99 Å². The highest BCUT2D eigenvalue weighted by Gasteiger charge is 2.30.